The Morgan fingerprint density at radius 3 is 2.60 bits per heavy atom. The Morgan fingerprint density at radius 1 is 1.35 bits per heavy atom. The number of likely N-dealkylation sites (tertiary alicyclic amines) is 1. The molecule has 0 aromatic rings. The molecule has 1 fully saturated rings. The quantitative estimate of drug-likeness (QED) is 0.780. The number of amides is 1. The van der Waals surface area contributed by atoms with Gasteiger partial charge >= 0.3 is 5.97 Å². The van der Waals surface area contributed by atoms with Gasteiger partial charge in [-0.1, -0.05) is 33.1 Å². The molecule has 116 valence electrons. The Bertz CT molecular complexity index is 343. The molecular formula is C16H29NO3. The van der Waals surface area contributed by atoms with Gasteiger partial charge in [-0.15, -0.1) is 0 Å². The van der Waals surface area contributed by atoms with Crippen LogP contribution in [0.15, 0.2) is 0 Å². The fraction of sp³-hybridized carbons (Fsp3) is 0.875. The zero-order valence-electron chi connectivity index (χ0n) is 13.2. The van der Waals surface area contributed by atoms with Crippen molar-refractivity contribution in [2.45, 2.75) is 65.7 Å². The predicted octanol–water partition coefficient (Wildman–Crippen LogP) is 3.31. The smallest absolute Gasteiger partial charge is 0.311 e. The first-order chi connectivity index (χ1) is 9.42. The summed E-state index contributed by atoms with van der Waals surface area (Å²) in [5.41, 5.74) is -0.765. The van der Waals surface area contributed by atoms with Gasteiger partial charge in [-0.25, -0.2) is 0 Å². The summed E-state index contributed by atoms with van der Waals surface area (Å²) in [4.78, 5) is 25.5. The molecule has 0 bridgehead atoms. The first-order valence-corrected chi connectivity index (χ1v) is 7.94. The van der Waals surface area contributed by atoms with Crippen molar-refractivity contribution in [1.82, 2.24) is 4.90 Å². The van der Waals surface area contributed by atoms with Gasteiger partial charge in [0.25, 0.3) is 0 Å². The van der Waals surface area contributed by atoms with E-state index < -0.39 is 11.4 Å². The first kappa shape index (κ1) is 17.0. The van der Waals surface area contributed by atoms with Gasteiger partial charge in [-0.05, 0) is 32.1 Å². The molecule has 0 saturated carbocycles. The third-order valence-corrected chi connectivity index (χ3v) is 4.57. The summed E-state index contributed by atoms with van der Waals surface area (Å²) in [6.07, 6.45) is 6.48. The Kier molecular flexibility index (Phi) is 6.50. The van der Waals surface area contributed by atoms with Crippen LogP contribution in [0.4, 0.5) is 0 Å². The highest BCUT2D eigenvalue weighted by molar-refractivity contribution is 5.79. The van der Waals surface area contributed by atoms with E-state index in [1.807, 2.05) is 0 Å². The molecule has 1 aliphatic heterocycles. The van der Waals surface area contributed by atoms with Crippen LogP contribution in [0.1, 0.15) is 65.7 Å². The molecule has 0 spiro atoms. The molecule has 20 heavy (non-hydrogen) atoms. The van der Waals surface area contributed by atoms with Gasteiger partial charge in [0.15, 0.2) is 0 Å². The van der Waals surface area contributed by atoms with Crippen molar-refractivity contribution in [3.8, 4) is 0 Å². The van der Waals surface area contributed by atoms with Gasteiger partial charge in [0.2, 0.25) is 5.91 Å². The second kappa shape index (κ2) is 7.65. The lowest BCUT2D eigenvalue weighted by Gasteiger charge is -2.38. The minimum atomic E-state index is -0.784. The van der Waals surface area contributed by atoms with E-state index >= 15 is 0 Å². The van der Waals surface area contributed by atoms with Crippen LogP contribution in [-0.2, 0) is 9.59 Å². The molecular weight excluding hydrogens is 254 g/mol. The van der Waals surface area contributed by atoms with Crippen molar-refractivity contribution in [3.63, 3.8) is 0 Å². The van der Waals surface area contributed by atoms with Crippen molar-refractivity contribution < 1.29 is 14.7 Å². The molecule has 2 atom stereocenters. The van der Waals surface area contributed by atoms with Crippen LogP contribution < -0.4 is 0 Å². The van der Waals surface area contributed by atoms with Crippen LogP contribution >= 0.6 is 0 Å². The maximum absolute atomic E-state index is 12.4. The Labute approximate surface area is 122 Å². The lowest BCUT2D eigenvalue weighted by Crippen LogP contribution is -2.48. The van der Waals surface area contributed by atoms with Crippen molar-refractivity contribution in [3.05, 3.63) is 0 Å². The first-order valence-electron chi connectivity index (χ1n) is 7.94. The molecule has 2 unspecified atom stereocenters. The number of hydrogen-bond acceptors (Lipinski definition) is 2. The zero-order chi connectivity index (χ0) is 15.2. The SMILES string of the molecule is CCCCC(CC)CC(=O)N1CCCC(C)(C(=O)O)C1. The van der Waals surface area contributed by atoms with E-state index in [0.29, 0.717) is 31.8 Å². The van der Waals surface area contributed by atoms with Crippen LogP contribution in [0.5, 0.6) is 0 Å². The van der Waals surface area contributed by atoms with Crippen LogP contribution in [0.25, 0.3) is 0 Å². The van der Waals surface area contributed by atoms with Crippen LogP contribution in [-0.4, -0.2) is 35.0 Å². The molecule has 1 rings (SSSR count). The second-order valence-electron chi connectivity index (χ2n) is 6.41. The molecule has 0 aromatic carbocycles. The van der Waals surface area contributed by atoms with E-state index in [1.165, 1.54) is 6.42 Å². The van der Waals surface area contributed by atoms with Gasteiger partial charge in [-0.3, -0.25) is 9.59 Å². The standard InChI is InChI=1S/C16H29NO3/c1-4-6-8-13(5-2)11-14(18)17-10-7-9-16(3,12-17)15(19)20/h13H,4-12H2,1-3H3,(H,19,20). The third-order valence-electron chi connectivity index (χ3n) is 4.57. The lowest BCUT2D eigenvalue weighted by atomic mass is 9.81. The topological polar surface area (TPSA) is 57.6 Å². The number of unbranched alkanes of at least 4 members (excludes halogenated alkanes) is 1. The number of carbonyl (C=O) groups excluding carboxylic acids is 1. The average molecular weight is 283 g/mol. The average Bonchev–Trinajstić information content (AvgIpc) is 2.43. The number of piperidine rings is 1. The number of rotatable bonds is 7. The van der Waals surface area contributed by atoms with Gasteiger partial charge in [0.05, 0.1) is 5.41 Å². The molecule has 1 aliphatic rings. The molecule has 4 heteroatoms. The molecule has 1 heterocycles. The summed E-state index contributed by atoms with van der Waals surface area (Å²) >= 11 is 0. The van der Waals surface area contributed by atoms with E-state index in [0.717, 1.165) is 25.7 Å². The minimum Gasteiger partial charge on any atom is -0.481 e. The summed E-state index contributed by atoms with van der Waals surface area (Å²) < 4.78 is 0. The largest absolute Gasteiger partial charge is 0.481 e. The van der Waals surface area contributed by atoms with Crippen LogP contribution in [0.3, 0.4) is 0 Å². The van der Waals surface area contributed by atoms with Crippen molar-refractivity contribution >= 4 is 11.9 Å². The van der Waals surface area contributed by atoms with Crippen molar-refractivity contribution in [2.75, 3.05) is 13.1 Å². The maximum atomic E-state index is 12.4. The summed E-state index contributed by atoms with van der Waals surface area (Å²) in [6.45, 7) is 7.13. The number of nitrogens with zero attached hydrogens (tertiary/aromatic N) is 1. The molecule has 1 N–H and O–H groups in total. The summed E-state index contributed by atoms with van der Waals surface area (Å²) in [5.74, 6) is -0.200. The van der Waals surface area contributed by atoms with E-state index in [2.05, 4.69) is 13.8 Å². The molecule has 4 nitrogen and oxygen atoms in total. The number of carboxylic acids is 1. The molecule has 0 radical (unpaired) electrons. The number of hydrogen-bond donors (Lipinski definition) is 1. The fourth-order valence-corrected chi connectivity index (χ4v) is 2.95. The van der Waals surface area contributed by atoms with Crippen molar-refractivity contribution in [1.29, 1.82) is 0 Å². The Hall–Kier alpha value is -1.06. The molecule has 1 amide bonds. The highest BCUT2D eigenvalue weighted by Crippen LogP contribution is 2.30. The Morgan fingerprint density at radius 2 is 2.05 bits per heavy atom. The predicted molar refractivity (Wildman–Crippen MR) is 79.5 cm³/mol. The highest BCUT2D eigenvalue weighted by atomic mass is 16.4. The van der Waals surface area contributed by atoms with E-state index in [9.17, 15) is 14.7 Å². The number of carbonyl (C=O) groups is 2. The summed E-state index contributed by atoms with van der Waals surface area (Å²) in [7, 11) is 0. The van der Waals surface area contributed by atoms with E-state index in [-0.39, 0.29) is 5.91 Å². The van der Waals surface area contributed by atoms with E-state index in [4.69, 9.17) is 0 Å². The van der Waals surface area contributed by atoms with E-state index in [1.54, 1.807) is 11.8 Å². The van der Waals surface area contributed by atoms with Gasteiger partial charge in [0.1, 0.15) is 0 Å². The Balaban J connectivity index is 2.56. The van der Waals surface area contributed by atoms with Gasteiger partial charge < -0.3 is 10.0 Å². The summed E-state index contributed by atoms with van der Waals surface area (Å²) in [6, 6.07) is 0. The monoisotopic (exact) mass is 283 g/mol. The number of carboxylic acid groups (broad SMARTS) is 1. The van der Waals surface area contributed by atoms with Gasteiger partial charge in [-0.2, -0.15) is 0 Å². The molecule has 1 saturated heterocycles. The van der Waals surface area contributed by atoms with Crippen LogP contribution in [0, 0.1) is 11.3 Å². The fourth-order valence-electron chi connectivity index (χ4n) is 2.95. The third kappa shape index (κ3) is 4.50. The zero-order valence-corrected chi connectivity index (χ0v) is 13.2. The molecule has 0 aliphatic carbocycles. The second-order valence-corrected chi connectivity index (χ2v) is 6.41. The lowest BCUT2D eigenvalue weighted by molar-refractivity contribution is -0.153. The van der Waals surface area contributed by atoms with Crippen molar-refractivity contribution in [2.24, 2.45) is 11.3 Å². The minimum absolute atomic E-state index is 0.139. The van der Waals surface area contributed by atoms with Crippen LogP contribution in [0.2, 0.25) is 0 Å². The summed E-state index contributed by atoms with van der Waals surface area (Å²) in [5, 5.41) is 9.30. The molecule has 0 aromatic heterocycles. The van der Waals surface area contributed by atoms with Gasteiger partial charge in [0, 0.05) is 19.5 Å². The number of aliphatic carboxylic acids is 1. The highest BCUT2D eigenvalue weighted by Gasteiger charge is 2.39. The normalized spacial score (nSPS) is 24.4. The maximum Gasteiger partial charge on any atom is 0.311 e.